The highest BCUT2D eigenvalue weighted by Gasteiger charge is 2.61. The normalized spacial score (nSPS) is 22.0. The van der Waals surface area contributed by atoms with Crippen molar-refractivity contribution >= 4 is 49.4 Å². The van der Waals surface area contributed by atoms with Gasteiger partial charge in [-0.25, -0.2) is 0 Å². The molecule has 2 atom stereocenters. The van der Waals surface area contributed by atoms with E-state index in [-0.39, 0.29) is 23.2 Å². The molecule has 0 aliphatic heterocycles. The molecule has 0 spiro atoms. The number of rotatable bonds is 6. The van der Waals surface area contributed by atoms with E-state index in [0.29, 0.717) is 6.61 Å². The molecule has 1 fully saturated rings. The zero-order chi connectivity index (χ0) is 17.0. The van der Waals surface area contributed by atoms with E-state index in [4.69, 9.17) is 16.3 Å². The first-order valence-electron chi connectivity index (χ1n) is 7.38. The van der Waals surface area contributed by atoms with Gasteiger partial charge >= 0.3 is 5.97 Å². The summed E-state index contributed by atoms with van der Waals surface area (Å²) in [6.45, 7) is 4.48. The van der Waals surface area contributed by atoms with Crippen molar-refractivity contribution in [3.8, 4) is 0 Å². The van der Waals surface area contributed by atoms with Gasteiger partial charge in [-0.15, -0.1) is 0 Å². The monoisotopic (exact) mass is 460 g/mol. The van der Waals surface area contributed by atoms with Gasteiger partial charge in [0.25, 0.3) is 0 Å². The molecule has 0 N–H and O–H groups in total. The van der Waals surface area contributed by atoms with Crippen molar-refractivity contribution in [3.63, 3.8) is 0 Å². The van der Waals surface area contributed by atoms with E-state index in [9.17, 15) is 4.79 Å². The van der Waals surface area contributed by atoms with E-state index in [0.717, 1.165) is 15.4 Å². The Hall–Kier alpha value is -0.580. The van der Waals surface area contributed by atoms with E-state index in [1.54, 1.807) is 0 Å². The maximum absolute atomic E-state index is 12.3. The van der Waals surface area contributed by atoms with Crippen LogP contribution in [-0.4, -0.2) is 5.97 Å². The fourth-order valence-electron chi connectivity index (χ4n) is 2.77. The molecule has 0 aromatic heterocycles. The summed E-state index contributed by atoms with van der Waals surface area (Å²) in [7, 11) is 0. The molecule has 5 heteroatoms. The third kappa shape index (κ3) is 4.94. The van der Waals surface area contributed by atoms with Gasteiger partial charge in [0, 0.05) is 5.54 Å². The third-order valence-electron chi connectivity index (χ3n) is 4.32. The van der Waals surface area contributed by atoms with Crippen LogP contribution in [-0.2, 0) is 22.6 Å². The van der Waals surface area contributed by atoms with Gasteiger partial charge in [0.1, 0.15) is 6.61 Å². The van der Waals surface area contributed by atoms with Gasteiger partial charge in [0.15, 0.2) is 0 Å². The second-order valence-corrected chi connectivity index (χ2v) is 9.30. The van der Waals surface area contributed by atoms with Crippen LogP contribution in [0.2, 0.25) is 0 Å². The number of benzene rings is 1. The number of carbonyl (C=O) groups is 1. The van der Waals surface area contributed by atoms with Crippen molar-refractivity contribution in [1.82, 2.24) is 0 Å². The third-order valence-corrected chi connectivity index (χ3v) is 5.02. The first-order valence-corrected chi connectivity index (χ1v) is 9.41. The van der Waals surface area contributed by atoms with Crippen LogP contribution in [0.1, 0.15) is 25.0 Å². The summed E-state index contributed by atoms with van der Waals surface area (Å²) in [4.78, 5) is 12.3. The van der Waals surface area contributed by atoms with Gasteiger partial charge in [-0.1, -0.05) is 61.9 Å². The summed E-state index contributed by atoms with van der Waals surface area (Å²) in [5.74, 6) is -0.0131. The molecule has 0 unspecified atom stereocenters. The summed E-state index contributed by atoms with van der Waals surface area (Å²) in [5.41, 5.74) is 3.63. The van der Waals surface area contributed by atoms with E-state index in [2.05, 4.69) is 45.7 Å². The Morgan fingerprint density at radius 1 is 1.26 bits per heavy atom. The molecule has 2 nitrogen and oxygen atoms in total. The van der Waals surface area contributed by atoms with Crippen LogP contribution in [0, 0.1) is 17.3 Å². The van der Waals surface area contributed by atoms with Gasteiger partial charge in [-0.05, 0) is 60.7 Å². The van der Waals surface area contributed by atoms with Gasteiger partial charge in [-0.3, -0.25) is 4.79 Å². The minimum absolute atomic E-state index is 0.0539. The molecule has 1 aromatic carbocycles. The molecular weight excluding hydrogens is 443 g/mol. The molecule has 0 saturated heterocycles. The molecule has 0 radical (unpaired) electrons. The standard InChI is InChI=1S/C18H19Br2ClO2/c1-18(2)14(10-15(19)20)16(18)17(22)23-11-13-7-5-12(6-8-13)4-3-9-21/h3,5-10,14,16H,4,11H2,1-2H3/b9-3-/t14-,16-/m0/s1. The number of halogens is 3. The molecular formula is C18H19Br2ClO2. The van der Waals surface area contributed by atoms with Crippen molar-refractivity contribution in [2.75, 3.05) is 0 Å². The second kappa shape index (κ2) is 8.00. The Bertz CT molecular complexity index is 616. The molecule has 0 amide bonds. The highest BCUT2D eigenvalue weighted by Crippen LogP contribution is 2.60. The largest absolute Gasteiger partial charge is 0.461 e. The molecule has 2 rings (SSSR count). The number of ether oxygens (including phenoxy) is 1. The highest BCUT2D eigenvalue weighted by atomic mass is 79.9. The van der Waals surface area contributed by atoms with E-state index in [1.807, 2.05) is 36.4 Å². The molecule has 1 aromatic rings. The zero-order valence-corrected chi connectivity index (χ0v) is 17.0. The number of esters is 1. The molecule has 1 aliphatic carbocycles. The van der Waals surface area contributed by atoms with Gasteiger partial charge < -0.3 is 4.74 Å². The minimum Gasteiger partial charge on any atom is -0.461 e. The number of carbonyl (C=O) groups excluding carboxylic acids is 1. The summed E-state index contributed by atoms with van der Waals surface area (Å²) in [6.07, 6.45) is 4.71. The maximum atomic E-state index is 12.3. The Morgan fingerprint density at radius 3 is 2.43 bits per heavy atom. The molecule has 1 saturated carbocycles. The average Bonchev–Trinajstić information content (AvgIpc) is 3.03. The van der Waals surface area contributed by atoms with Crippen molar-refractivity contribution in [2.24, 2.45) is 17.3 Å². The van der Waals surface area contributed by atoms with Crippen LogP contribution in [0.5, 0.6) is 0 Å². The van der Waals surface area contributed by atoms with E-state index < -0.39 is 0 Å². The van der Waals surface area contributed by atoms with Gasteiger partial charge in [-0.2, -0.15) is 0 Å². The lowest BCUT2D eigenvalue weighted by Gasteiger charge is -2.06. The first kappa shape index (κ1) is 18.8. The van der Waals surface area contributed by atoms with E-state index >= 15 is 0 Å². The average molecular weight is 463 g/mol. The van der Waals surface area contributed by atoms with Crippen LogP contribution < -0.4 is 0 Å². The van der Waals surface area contributed by atoms with Crippen molar-refractivity contribution in [1.29, 1.82) is 0 Å². The number of hydrogen-bond donors (Lipinski definition) is 0. The van der Waals surface area contributed by atoms with Crippen molar-refractivity contribution in [2.45, 2.75) is 26.9 Å². The predicted molar refractivity (Wildman–Crippen MR) is 102 cm³/mol. The number of hydrogen-bond acceptors (Lipinski definition) is 2. The SMILES string of the molecule is CC1(C)[C@H](C(=O)OCc2ccc(C/C=C\Cl)cc2)[C@@H]1C=C(Br)Br. The molecule has 0 bridgehead atoms. The van der Waals surface area contributed by atoms with Crippen LogP contribution in [0.4, 0.5) is 0 Å². The lowest BCUT2D eigenvalue weighted by atomic mass is 10.1. The van der Waals surface area contributed by atoms with Crippen molar-refractivity contribution < 1.29 is 9.53 Å². The Morgan fingerprint density at radius 2 is 1.87 bits per heavy atom. The lowest BCUT2D eigenvalue weighted by Crippen LogP contribution is -2.10. The van der Waals surface area contributed by atoms with E-state index in [1.165, 1.54) is 11.1 Å². The molecule has 0 heterocycles. The molecule has 124 valence electrons. The Labute approximate surface area is 159 Å². The van der Waals surface area contributed by atoms with Crippen molar-refractivity contribution in [3.05, 3.63) is 56.5 Å². The Balaban J connectivity index is 1.89. The van der Waals surface area contributed by atoms with Crippen LogP contribution >= 0.6 is 43.5 Å². The zero-order valence-electron chi connectivity index (χ0n) is 13.1. The topological polar surface area (TPSA) is 26.3 Å². The fourth-order valence-corrected chi connectivity index (χ4v) is 3.43. The molecule has 1 aliphatic rings. The fraction of sp³-hybridized carbons (Fsp3) is 0.389. The Kier molecular flexibility index (Phi) is 6.52. The van der Waals surface area contributed by atoms with Crippen LogP contribution in [0.3, 0.4) is 0 Å². The second-order valence-electron chi connectivity index (χ2n) is 6.27. The van der Waals surface area contributed by atoms with Gasteiger partial charge in [0.05, 0.1) is 9.31 Å². The quantitative estimate of drug-likeness (QED) is 0.490. The highest BCUT2D eigenvalue weighted by molar-refractivity contribution is 9.28. The summed E-state index contributed by atoms with van der Waals surface area (Å²) < 4.78 is 6.36. The van der Waals surface area contributed by atoms with Crippen LogP contribution in [0.15, 0.2) is 45.3 Å². The summed E-state index contributed by atoms with van der Waals surface area (Å²) >= 11 is 12.2. The van der Waals surface area contributed by atoms with Gasteiger partial charge in [0.2, 0.25) is 0 Å². The maximum Gasteiger partial charge on any atom is 0.310 e. The molecule has 23 heavy (non-hydrogen) atoms. The number of allylic oxidation sites excluding steroid dienone is 2. The predicted octanol–water partition coefficient (Wildman–Crippen LogP) is 5.93. The first-order chi connectivity index (χ1) is 10.9. The smallest absolute Gasteiger partial charge is 0.310 e. The summed E-state index contributed by atoms with van der Waals surface area (Å²) in [5, 5.41) is 0. The summed E-state index contributed by atoms with van der Waals surface area (Å²) in [6, 6.07) is 8.01. The van der Waals surface area contributed by atoms with Crippen LogP contribution in [0.25, 0.3) is 0 Å². The lowest BCUT2D eigenvalue weighted by molar-refractivity contribution is -0.147. The minimum atomic E-state index is -0.133.